The van der Waals surface area contributed by atoms with Gasteiger partial charge in [-0.2, -0.15) is 0 Å². The topological polar surface area (TPSA) is 50.4 Å². The summed E-state index contributed by atoms with van der Waals surface area (Å²) in [6, 6.07) is 19.4. The fourth-order valence-corrected chi connectivity index (χ4v) is 3.74. The Labute approximate surface area is 191 Å². The van der Waals surface area contributed by atoms with E-state index < -0.39 is 0 Å². The maximum Gasteiger partial charge on any atom is 0.261 e. The SMILES string of the molecule is CCCCCCOc1ccc(Br)cc1C(=O)NC(=S)Nc1cccc2ccccc12. The molecule has 2 N–H and O–H groups in total. The van der Waals surface area contributed by atoms with Gasteiger partial charge in [0, 0.05) is 15.5 Å². The fourth-order valence-electron chi connectivity index (χ4n) is 3.17. The van der Waals surface area contributed by atoms with Crippen molar-refractivity contribution in [2.24, 2.45) is 0 Å². The van der Waals surface area contributed by atoms with Gasteiger partial charge in [-0.15, -0.1) is 0 Å². The van der Waals surface area contributed by atoms with Crippen molar-refractivity contribution in [3.05, 3.63) is 70.7 Å². The minimum atomic E-state index is -0.308. The third-order valence-electron chi connectivity index (χ3n) is 4.71. The molecule has 0 aliphatic carbocycles. The number of rotatable bonds is 8. The van der Waals surface area contributed by atoms with E-state index in [0.29, 0.717) is 17.9 Å². The molecule has 0 aliphatic heterocycles. The molecule has 0 fully saturated rings. The third-order valence-corrected chi connectivity index (χ3v) is 5.40. The fraction of sp³-hybridized carbons (Fsp3) is 0.250. The highest BCUT2D eigenvalue weighted by molar-refractivity contribution is 9.10. The first-order valence-electron chi connectivity index (χ1n) is 10.1. The Morgan fingerprint density at radius 2 is 1.83 bits per heavy atom. The second-order valence-electron chi connectivity index (χ2n) is 6.98. The van der Waals surface area contributed by atoms with Crippen LogP contribution in [0.2, 0.25) is 0 Å². The lowest BCUT2D eigenvalue weighted by Gasteiger charge is -2.14. The molecular formula is C24H25BrN2O2S. The summed E-state index contributed by atoms with van der Waals surface area (Å²) in [7, 11) is 0. The van der Waals surface area contributed by atoms with Crippen molar-refractivity contribution in [1.29, 1.82) is 0 Å². The zero-order chi connectivity index (χ0) is 21.3. The van der Waals surface area contributed by atoms with E-state index in [2.05, 4.69) is 33.5 Å². The quantitative estimate of drug-likeness (QED) is 0.276. The lowest BCUT2D eigenvalue weighted by molar-refractivity contribution is 0.0973. The summed E-state index contributed by atoms with van der Waals surface area (Å²) in [6.07, 6.45) is 4.44. The van der Waals surface area contributed by atoms with Crippen molar-refractivity contribution >= 4 is 55.6 Å². The van der Waals surface area contributed by atoms with Crippen LogP contribution in [0.4, 0.5) is 5.69 Å². The Kier molecular flexibility index (Phi) is 8.22. The minimum Gasteiger partial charge on any atom is -0.493 e. The van der Waals surface area contributed by atoms with Crippen LogP contribution in [0.1, 0.15) is 43.0 Å². The number of ether oxygens (including phenoxy) is 1. The van der Waals surface area contributed by atoms with Crippen molar-refractivity contribution < 1.29 is 9.53 Å². The van der Waals surface area contributed by atoms with Crippen LogP contribution in [-0.2, 0) is 0 Å². The predicted octanol–water partition coefficient (Wildman–Crippen LogP) is 6.69. The van der Waals surface area contributed by atoms with Crippen molar-refractivity contribution in [2.75, 3.05) is 11.9 Å². The molecule has 0 aromatic heterocycles. The molecule has 0 atom stereocenters. The van der Waals surface area contributed by atoms with Crippen LogP contribution >= 0.6 is 28.1 Å². The Hall–Kier alpha value is -2.44. The monoisotopic (exact) mass is 484 g/mol. The molecule has 0 saturated heterocycles. The number of halogens is 1. The van der Waals surface area contributed by atoms with Gasteiger partial charge in [0.2, 0.25) is 0 Å². The largest absolute Gasteiger partial charge is 0.493 e. The van der Waals surface area contributed by atoms with Crippen molar-refractivity contribution in [1.82, 2.24) is 5.32 Å². The predicted molar refractivity (Wildman–Crippen MR) is 131 cm³/mol. The molecule has 0 heterocycles. The molecule has 6 heteroatoms. The number of nitrogens with one attached hydrogen (secondary N) is 2. The maximum absolute atomic E-state index is 12.9. The van der Waals surface area contributed by atoms with Gasteiger partial charge in [-0.25, -0.2) is 0 Å². The summed E-state index contributed by atoms with van der Waals surface area (Å²) >= 11 is 8.82. The number of hydrogen-bond acceptors (Lipinski definition) is 3. The average molecular weight is 485 g/mol. The van der Waals surface area contributed by atoms with Crippen LogP contribution in [0.25, 0.3) is 10.8 Å². The number of unbranched alkanes of at least 4 members (excludes halogenated alkanes) is 3. The second kappa shape index (κ2) is 11.1. The van der Waals surface area contributed by atoms with Crippen molar-refractivity contribution in [2.45, 2.75) is 32.6 Å². The molecule has 1 amide bonds. The summed E-state index contributed by atoms with van der Waals surface area (Å²) in [4.78, 5) is 12.9. The molecule has 0 radical (unpaired) electrons. The van der Waals surface area contributed by atoms with Gasteiger partial charge in [-0.05, 0) is 48.3 Å². The molecule has 156 valence electrons. The second-order valence-corrected chi connectivity index (χ2v) is 8.31. The highest BCUT2D eigenvalue weighted by Gasteiger charge is 2.15. The molecule has 0 aliphatic rings. The Bertz CT molecular complexity index is 1030. The molecule has 0 saturated carbocycles. The highest BCUT2D eigenvalue weighted by Crippen LogP contribution is 2.25. The molecule has 4 nitrogen and oxygen atoms in total. The number of anilines is 1. The number of amides is 1. The first-order chi connectivity index (χ1) is 14.6. The van der Waals surface area contributed by atoms with E-state index in [1.165, 1.54) is 12.8 Å². The highest BCUT2D eigenvalue weighted by atomic mass is 79.9. The summed E-state index contributed by atoms with van der Waals surface area (Å²) in [5.74, 6) is 0.248. The van der Waals surface area contributed by atoms with Crippen LogP contribution in [0.3, 0.4) is 0 Å². The van der Waals surface area contributed by atoms with Crippen LogP contribution in [0, 0.1) is 0 Å². The van der Waals surface area contributed by atoms with E-state index >= 15 is 0 Å². The zero-order valence-corrected chi connectivity index (χ0v) is 19.3. The number of benzene rings is 3. The average Bonchev–Trinajstić information content (AvgIpc) is 2.74. The van der Waals surface area contributed by atoms with E-state index in [1.807, 2.05) is 48.5 Å². The van der Waals surface area contributed by atoms with Crippen LogP contribution in [-0.4, -0.2) is 17.6 Å². The van der Waals surface area contributed by atoms with Crippen LogP contribution in [0.15, 0.2) is 65.1 Å². The molecule has 0 spiro atoms. The maximum atomic E-state index is 12.9. The molecule has 3 aromatic rings. The standard InChI is InChI=1S/C24H25BrN2O2S/c1-2-3-4-7-15-29-22-14-13-18(25)16-20(22)23(28)27-24(30)26-21-12-8-10-17-9-5-6-11-19(17)21/h5-6,8-14,16H,2-4,7,15H2,1H3,(H2,26,27,28,30). The number of thiocarbonyl (C=S) groups is 1. The minimum absolute atomic E-state index is 0.241. The van der Waals surface area contributed by atoms with Crippen molar-refractivity contribution in [3.63, 3.8) is 0 Å². The van der Waals surface area contributed by atoms with Gasteiger partial charge in [0.15, 0.2) is 5.11 Å². The smallest absolute Gasteiger partial charge is 0.261 e. The van der Waals surface area contributed by atoms with E-state index in [1.54, 1.807) is 12.1 Å². The molecule has 0 unspecified atom stereocenters. The number of carbonyl (C=O) groups excluding carboxylic acids is 1. The third kappa shape index (κ3) is 6.03. The zero-order valence-electron chi connectivity index (χ0n) is 16.9. The summed E-state index contributed by atoms with van der Waals surface area (Å²) in [5.41, 5.74) is 1.29. The first kappa shape index (κ1) is 22.2. The van der Waals surface area contributed by atoms with E-state index in [0.717, 1.165) is 33.8 Å². The lowest BCUT2D eigenvalue weighted by Crippen LogP contribution is -2.34. The summed E-state index contributed by atoms with van der Waals surface area (Å²) in [6.45, 7) is 2.76. The molecule has 3 aromatic carbocycles. The number of fused-ring (bicyclic) bond motifs is 1. The molecule has 0 bridgehead atoms. The van der Waals surface area contributed by atoms with Crippen molar-refractivity contribution in [3.8, 4) is 5.75 Å². The summed E-state index contributed by atoms with van der Waals surface area (Å²) < 4.78 is 6.68. The molecule has 30 heavy (non-hydrogen) atoms. The Morgan fingerprint density at radius 3 is 2.67 bits per heavy atom. The number of hydrogen-bond donors (Lipinski definition) is 2. The Morgan fingerprint density at radius 1 is 1.03 bits per heavy atom. The van der Waals surface area contributed by atoms with Gasteiger partial charge in [-0.1, -0.05) is 78.5 Å². The Balaban J connectivity index is 1.67. The van der Waals surface area contributed by atoms with Gasteiger partial charge in [0.05, 0.1) is 12.2 Å². The lowest BCUT2D eigenvalue weighted by atomic mass is 10.1. The first-order valence-corrected chi connectivity index (χ1v) is 11.3. The van der Waals surface area contributed by atoms with Gasteiger partial charge < -0.3 is 10.1 Å². The van der Waals surface area contributed by atoms with E-state index in [-0.39, 0.29) is 11.0 Å². The normalized spacial score (nSPS) is 10.6. The van der Waals surface area contributed by atoms with E-state index in [4.69, 9.17) is 17.0 Å². The van der Waals surface area contributed by atoms with Gasteiger partial charge in [-0.3, -0.25) is 10.1 Å². The number of carbonyl (C=O) groups is 1. The van der Waals surface area contributed by atoms with Crippen LogP contribution < -0.4 is 15.4 Å². The van der Waals surface area contributed by atoms with Gasteiger partial charge in [0.1, 0.15) is 5.75 Å². The summed E-state index contributed by atoms with van der Waals surface area (Å²) in [5, 5.41) is 8.28. The van der Waals surface area contributed by atoms with E-state index in [9.17, 15) is 4.79 Å². The molecular weight excluding hydrogens is 460 g/mol. The van der Waals surface area contributed by atoms with Gasteiger partial charge in [0.25, 0.3) is 5.91 Å². The van der Waals surface area contributed by atoms with Crippen LogP contribution in [0.5, 0.6) is 5.75 Å². The van der Waals surface area contributed by atoms with Gasteiger partial charge >= 0.3 is 0 Å². The molecule has 3 rings (SSSR count).